The van der Waals surface area contributed by atoms with Gasteiger partial charge in [-0.3, -0.25) is 10.1 Å². The van der Waals surface area contributed by atoms with Crippen LogP contribution in [0.5, 0.6) is 0 Å². The lowest BCUT2D eigenvalue weighted by molar-refractivity contribution is -0.143. The normalized spacial score (nSPS) is 22.5. The van der Waals surface area contributed by atoms with Crippen LogP contribution in [-0.4, -0.2) is 33.1 Å². The zero-order valence-electron chi connectivity index (χ0n) is 10.4. The quantitative estimate of drug-likeness (QED) is 0.762. The van der Waals surface area contributed by atoms with Crippen LogP contribution in [0.4, 0.5) is 10.7 Å². The predicted octanol–water partition coefficient (Wildman–Crippen LogP) is 1.24. The highest BCUT2D eigenvalue weighted by molar-refractivity contribution is 5.88. The van der Waals surface area contributed by atoms with Crippen LogP contribution >= 0.6 is 0 Å². The van der Waals surface area contributed by atoms with Crippen molar-refractivity contribution in [1.82, 2.24) is 15.3 Å². The van der Waals surface area contributed by atoms with Gasteiger partial charge in [0.15, 0.2) is 0 Å². The number of carbonyl (C=O) groups excluding carboxylic acids is 1. The molecule has 1 heterocycles. The Bertz CT molecular complexity index is 452. The van der Waals surface area contributed by atoms with Crippen LogP contribution in [0.15, 0.2) is 18.5 Å². The van der Waals surface area contributed by atoms with Crippen molar-refractivity contribution in [3.63, 3.8) is 0 Å². The van der Waals surface area contributed by atoms with Crippen LogP contribution in [0.2, 0.25) is 0 Å². The van der Waals surface area contributed by atoms with E-state index < -0.39 is 17.9 Å². The molecule has 3 N–H and O–H groups in total. The van der Waals surface area contributed by atoms with Gasteiger partial charge in [0.25, 0.3) is 0 Å². The molecule has 1 aromatic rings. The van der Waals surface area contributed by atoms with Crippen LogP contribution in [0.25, 0.3) is 0 Å². The molecule has 0 aromatic carbocycles. The Hall–Kier alpha value is -2.18. The second kappa shape index (κ2) is 6.12. The molecule has 1 fully saturated rings. The van der Waals surface area contributed by atoms with E-state index in [0.717, 1.165) is 12.8 Å². The van der Waals surface area contributed by atoms with E-state index in [1.165, 1.54) is 12.4 Å². The number of hydrogen-bond donors (Lipinski definition) is 3. The highest BCUT2D eigenvalue weighted by Gasteiger charge is 2.31. The number of carbonyl (C=O) groups is 2. The van der Waals surface area contributed by atoms with E-state index in [9.17, 15) is 9.59 Å². The van der Waals surface area contributed by atoms with Crippen molar-refractivity contribution in [2.24, 2.45) is 5.92 Å². The van der Waals surface area contributed by atoms with Gasteiger partial charge in [-0.25, -0.2) is 14.8 Å². The van der Waals surface area contributed by atoms with Gasteiger partial charge in [-0.1, -0.05) is 12.8 Å². The number of urea groups is 1. The Labute approximate surface area is 110 Å². The Kier molecular flexibility index (Phi) is 4.27. The topological polar surface area (TPSA) is 104 Å². The van der Waals surface area contributed by atoms with Gasteiger partial charge < -0.3 is 10.4 Å². The summed E-state index contributed by atoms with van der Waals surface area (Å²) in [4.78, 5) is 30.6. The minimum absolute atomic E-state index is 0.197. The molecule has 1 saturated carbocycles. The lowest BCUT2D eigenvalue weighted by atomic mass is 9.84. The van der Waals surface area contributed by atoms with Crippen LogP contribution < -0.4 is 10.6 Å². The van der Waals surface area contributed by atoms with E-state index in [1.807, 2.05) is 0 Å². The van der Waals surface area contributed by atoms with Crippen molar-refractivity contribution in [1.29, 1.82) is 0 Å². The maximum Gasteiger partial charge on any atom is 0.321 e. The van der Waals surface area contributed by atoms with Crippen molar-refractivity contribution in [2.75, 3.05) is 5.32 Å². The molecule has 0 radical (unpaired) electrons. The highest BCUT2D eigenvalue weighted by Crippen LogP contribution is 2.24. The summed E-state index contributed by atoms with van der Waals surface area (Å²) in [7, 11) is 0. The average molecular weight is 264 g/mol. The Morgan fingerprint density at radius 3 is 2.58 bits per heavy atom. The Morgan fingerprint density at radius 1 is 1.21 bits per heavy atom. The number of rotatable bonds is 3. The standard InChI is InChI=1S/C12H16N4O3/c17-10(18)8-4-1-2-5-9(8)15-12(19)16-11-13-6-3-7-14-11/h3,6-9H,1-2,4-5H2,(H,17,18)(H2,13,14,15,16,19). The predicted molar refractivity (Wildman–Crippen MR) is 67.6 cm³/mol. The molecule has 1 aliphatic carbocycles. The van der Waals surface area contributed by atoms with Crippen molar-refractivity contribution >= 4 is 17.9 Å². The number of amides is 2. The zero-order chi connectivity index (χ0) is 13.7. The highest BCUT2D eigenvalue weighted by atomic mass is 16.4. The number of carboxylic acids is 1. The van der Waals surface area contributed by atoms with E-state index in [-0.39, 0.29) is 12.0 Å². The summed E-state index contributed by atoms with van der Waals surface area (Å²) in [5, 5.41) is 14.3. The zero-order valence-corrected chi connectivity index (χ0v) is 10.4. The number of anilines is 1. The molecule has 1 aliphatic rings. The van der Waals surface area contributed by atoms with Crippen LogP contribution in [0.3, 0.4) is 0 Å². The monoisotopic (exact) mass is 264 g/mol. The SMILES string of the molecule is O=C(Nc1ncccn1)NC1CCCCC1C(=O)O. The van der Waals surface area contributed by atoms with Gasteiger partial charge in [0, 0.05) is 18.4 Å². The van der Waals surface area contributed by atoms with Gasteiger partial charge in [-0.05, 0) is 18.9 Å². The van der Waals surface area contributed by atoms with Gasteiger partial charge in [0.2, 0.25) is 5.95 Å². The first kappa shape index (κ1) is 13.3. The van der Waals surface area contributed by atoms with Gasteiger partial charge in [-0.15, -0.1) is 0 Å². The third-order valence-electron chi connectivity index (χ3n) is 3.19. The third kappa shape index (κ3) is 3.64. The minimum Gasteiger partial charge on any atom is -0.481 e. The van der Waals surface area contributed by atoms with Gasteiger partial charge in [0.05, 0.1) is 5.92 Å². The number of carboxylic acid groups (broad SMARTS) is 1. The summed E-state index contributed by atoms with van der Waals surface area (Å²) in [6, 6.07) is 0.837. The van der Waals surface area contributed by atoms with E-state index >= 15 is 0 Å². The molecule has 1 aromatic heterocycles. The number of aliphatic carboxylic acids is 1. The molecule has 0 bridgehead atoms. The minimum atomic E-state index is -0.860. The fraction of sp³-hybridized carbons (Fsp3) is 0.500. The maximum absolute atomic E-state index is 11.8. The fourth-order valence-electron chi connectivity index (χ4n) is 2.27. The number of hydrogen-bond acceptors (Lipinski definition) is 4. The number of nitrogens with one attached hydrogen (secondary N) is 2. The summed E-state index contributed by atoms with van der Waals surface area (Å²) in [5.41, 5.74) is 0. The Morgan fingerprint density at radius 2 is 1.89 bits per heavy atom. The van der Waals surface area contributed by atoms with Crippen molar-refractivity contribution in [3.8, 4) is 0 Å². The van der Waals surface area contributed by atoms with Crippen LogP contribution in [0.1, 0.15) is 25.7 Å². The van der Waals surface area contributed by atoms with Crippen LogP contribution in [-0.2, 0) is 4.79 Å². The second-order valence-electron chi connectivity index (χ2n) is 4.51. The van der Waals surface area contributed by atoms with E-state index in [2.05, 4.69) is 20.6 Å². The lowest BCUT2D eigenvalue weighted by Gasteiger charge is -2.29. The molecular weight excluding hydrogens is 248 g/mol. The molecule has 7 heteroatoms. The third-order valence-corrected chi connectivity index (χ3v) is 3.19. The first-order valence-electron chi connectivity index (χ1n) is 6.24. The molecule has 7 nitrogen and oxygen atoms in total. The van der Waals surface area contributed by atoms with E-state index in [1.54, 1.807) is 6.07 Å². The molecule has 2 rings (SSSR count). The molecule has 0 spiro atoms. The van der Waals surface area contributed by atoms with Gasteiger partial charge in [-0.2, -0.15) is 0 Å². The molecule has 2 atom stereocenters. The molecule has 2 amide bonds. The largest absolute Gasteiger partial charge is 0.481 e. The maximum atomic E-state index is 11.8. The lowest BCUT2D eigenvalue weighted by Crippen LogP contribution is -2.46. The van der Waals surface area contributed by atoms with E-state index in [4.69, 9.17) is 5.11 Å². The molecule has 2 unspecified atom stereocenters. The summed E-state index contributed by atoms with van der Waals surface area (Å²) in [6.45, 7) is 0. The first-order valence-corrected chi connectivity index (χ1v) is 6.24. The van der Waals surface area contributed by atoms with E-state index in [0.29, 0.717) is 12.8 Å². The second-order valence-corrected chi connectivity index (χ2v) is 4.51. The number of aromatic nitrogens is 2. The summed E-state index contributed by atoms with van der Waals surface area (Å²) in [5.74, 6) is -1.18. The van der Waals surface area contributed by atoms with Crippen molar-refractivity contribution in [3.05, 3.63) is 18.5 Å². The summed E-state index contributed by atoms with van der Waals surface area (Å²) < 4.78 is 0. The van der Waals surface area contributed by atoms with Crippen LogP contribution in [0, 0.1) is 5.92 Å². The smallest absolute Gasteiger partial charge is 0.321 e. The first-order chi connectivity index (χ1) is 9.16. The molecular formula is C12H16N4O3. The number of nitrogens with zero attached hydrogens (tertiary/aromatic N) is 2. The van der Waals surface area contributed by atoms with Crippen molar-refractivity contribution in [2.45, 2.75) is 31.7 Å². The molecule has 0 aliphatic heterocycles. The Balaban J connectivity index is 1.92. The molecule has 102 valence electrons. The summed E-state index contributed by atoms with van der Waals surface area (Å²) in [6.07, 6.45) is 6.13. The van der Waals surface area contributed by atoms with Gasteiger partial charge in [0.1, 0.15) is 0 Å². The van der Waals surface area contributed by atoms with Gasteiger partial charge >= 0.3 is 12.0 Å². The fourth-order valence-corrected chi connectivity index (χ4v) is 2.27. The molecule has 19 heavy (non-hydrogen) atoms. The summed E-state index contributed by atoms with van der Waals surface area (Å²) >= 11 is 0. The van der Waals surface area contributed by atoms with Crippen molar-refractivity contribution < 1.29 is 14.7 Å². The molecule has 0 saturated heterocycles. The average Bonchev–Trinajstić information content (AvgIpc) is 2.40.